The van der Waals surface area contributed by atoms with Crippen molar-refractivity contribution in [2.45, 2.75) is 31.7 Å². The minimum atomic E-state index is -3.58. The van der Waals surface area contributed by atoms with Gasteiger partial charge in [0.05, 0.1) is 10.9 Å². The van der Waals surface area contributed by atoms with E-state index in [2.05, 4.69) is 5.32 Å². The van der Waals surface area contributed by atoms with Crippen LogP contribution in [0.4, 0.5) is 0 Å². The molecule has 25 heavy (non-hydrogen) atoms. The second kappa shape index (κ2) is 8.27. The van der Waals surface area contributed by atoms with E-state index in [1.54, 1.807) is 26.0 Å². The molecule has 0 fully saturated rings. The molecule has 0 aliphatic rings. The molecule has 0 radical (unpaired) electrons. The van der Waals surface area contributed by atoms with Gasteiger partial charge < -0.3 is 5.32 Å². The number of amides is 1. The number of sulfonamides is 1. The summed E-state index contributed by atoms with van der Waals surface area (Å²) in [7, 11) is -3.58. The number of nitrogens with one attached hydrogen (secondary N) is 1. The summed E-state index contributed by atoms with van der Waals surface area (Å²) in [5.74, 6) is -0.298. The third kappa shape index (κ3) is 4.46. The Bertz CT molecular complexity index is 816. The highest BCUT2D eigenvalue weighted by Crippen LogP contribution is 2.18. The Morgan fingerprint density at radius 2 is 1.68 bits per heavy atom. The second-order valence-corrected chi connectivity index (χ2v) is 7.66. The van der Waals surface area contributed by atoms with E-state index < -0.39 is 10.0 Å². The van der Waals surface area contributed by atoms with E-state index in [4.69, 9.17) is 0 Å². The summed E-state index contributed by atoms with van der Waals surface area (Å²) in [6, 6.07) is 15.6. The Morgan fingerprint density at radius 1 is 1.04 bits per heavy atom. The average Bonchev–Trinajstić information content (AvgIpc) is 2.63. The molecule has 1 N–H and O–H groups in total. The second-order valence-electron chi connectivity index (χ2n) is 5.72. The van der Waals surface area contributed by atoms with Crippen molar-refractivity contribution in [2.24, 2.45) is 0 Å². The average molecular weight is 360 g/mol. The number of rotatable bonds is 7. The zero-order valence-electron chi connectivity index (χ0n) is 14.8. The first-order valence-electron chi connectivity index (χ1n) is 8.36. The molecule has 134 valence electrons. The van der Waals surface area contributed by atoms with Crippen LogP contribution in [0.1, 0.15) is 42.7 Å². The summed E-state index contributed by atoms with van der Waals surface area (Å²) >= 11 is 0. The van der Waals surface area contributed by atoms with Crippen molar-refractivity contribution >= 4 is 15.9 Å². The summed E-state index contributed by atoms with van der Waals surface area (Å²) in [6.07, 6.45) is 0. The normalized spacial score (nSPS) is 12.8. The fourth-order valence-electron chi connectivity index (χ4n) is 2.62. The molecule has 2 aromatic carbocycles. The van der Waals surface area contributed by atoms with E-state index in [1.807, 2.05) is 37.3 Å². The molecule has 0 aliphatic heterocycles. The lowest BCUT2D eigenvalue weighted by Gasteiger charge is -2.19. The lowest BCUT2D eigenvalue weighted by molar-refractivity contribution is 0.0939. The third-order valence-electron chi connectivity index (χ3n) is 4.09. The molecule has 1 amide bonds. The maximum atomic E-state index is 12.6. The van der Waals surface area contributed by atoms with E-state index in [0.29, 0.717) is 18.7 Å². The van der Waals surface area contributed by atoms with E-state index in [0.717, 1.165) is 5.56 Å². The predicted molar refractivity (Wildman–Crippen MR) is 98.9 cm³/mol. The van der Waals surface area contributed by atoms with Crippen LogP contribution < -0.4 is 5.32 Å². The Kier molecular flexibility index (Phi) is 6.33. The summed E-state index contributed by atoms with van der Waals surface area (Å²) < 4.78 is 26.6. The van der Waals surface area contributed by atoms with Crippen molar-refractivity contribution < 1.29 is 13.2 Å². The molecular weight excluding hydrogens is 336 g/mol. The highest BCUT2D eigenvalue weighted by atomic mass is 32.2. The van der Waals surface area contributed by atoms with Gasteiger partial charge in [-0.3, -0.25) is 4.79 Å². The number of nitrogens with zero attached hydrogens (tertiary/aromatic N) is 1. The van der Waals surface area contributed by atoms with Crippen LogP contribution in [0.25, 0.3) is 0 Å². The predicted octanol–water partition coefficient (Wildman–Crippen LogP) is 3.21. The Balaban J connectivity index is 2.22. The number of hydrogen-bond acceptors (Lipinski definition) is 3. The standard InChI is InChI=1S/C19H24N2O3S/c1-4-21(5-2)25(23,24)18-13-9-12-17(14-18)19(22)20-15(3)16-10-7-6-8-11-16/h6-15H,4-5H2,1-3H3,(H,20,22)/t15-/m1/s1. The molecule has 0 bridgehead atoms. The molecule has 2 rings (SSSR count). The molecule has 0 saturated carbocycles. The van der Waals surface area contributed by atoms with Gasteiger partial charge >= 0.3 is 0 Å². The smallest absolute Gasteiger partial charge is 0.251 e. The van der Waals surface area contributed by atoms with Gasteiger partial charge in [-0.05, 0) is 30.7 Å². The zero-order valence-corrected chi connectivity index (χ0v) is 15.6. The maximum absolute atomic E-state index is 12.6. The van der Waals surface area contributed by atoms with Crippen molar-refractivity contribution in [1.82, 2.24) is 9.62 Å². The van der Waals surface area contributed by atoms with E-state index in [1.165, 1.54) is 16.4 Å². The van der Waals surface area contributed by atoms with Crippen molar-refractivity contribution in [1.29, 1.82) is 0 Å². The Hall–Kier alpha value is -2.18. The molecule has 5 nitrogen and oxygen atoms in total. The summed E-state index contributed by atoms with van der Waals surface area (Å²) in [5.41, 5.74) is 1.32. The van der Waals surface area contributed by atoms with Gasteiger partial charge in [-0.2, -0.15) is 4.31 Å². The van der Waals surface area contributed by atoms with Gasteiger partial charge in [0.1, 0.15) is 0 Å². The van der Waals surface area contributed by atoms with Crippen LogP contribution in [0.2, 0.25) is 0 Å². The number of hydrogen-bond donors (Lipinski definition) is 1. The quantitative estimate of drug-likeness (QED) is 0.824. The van der Waals surface area contributed by atoms with Gasteiger partial charge in [-0.1, -0.05) is 50.2 Å². The number of carbonyl (C=O) groups excluding carboxylic acids is 1. The van der Waals surface area contributed by atoms with Crippen LogP contribution in [0.3, 0.4) is 0 Å². The molecule has 0 spiro atoms. The zero-order chi connectivity index (χ0) is 18.4. The molecule has 2 aromatic rings. The van der Waals surface area contributed by atoms with Gasteiger partial charge in [0.25, 0.3) is 5.91 Å². The van der Waals surface area contributed by atoms with Gasteiger partial charge in [0.2, 0.25) is 10.0 Å². The summed E-state index contributed by atoms with van der Waals surface area (Å²) in [6.45, 7) is 6.25. The molecule has 0 unspecified atom stereocenters. The molecule has 0 saturated heterocycles. The fourth-order valence-corrected chi connectivity index (χ4v) is 4.12. The molecule has 0 aromatic heterocycles. The van der Waals surface area contributed by atoms with Crippen LogP contribution in [-0.4, -0.2) is 31.7 Å². The minimum Gasteiger partial charge on any atom is -0.346 e. The first-order valence-corrected chi connectivity index (χ1v) is 9.80. The van der Waals surface area contributed by atoms with Gasteiger partial charge in [-0.25, -0.2) is 8.42 Å². The van der Waals surface area contributed by atoms with Crippen LogP contribution in [0, 0.1) is 0 Å². The first-order chi connectivity index (χ1) is 11.9. The van der Waals surface area contributed by atoms with E-state index in [-0.39, 0.29) is 16.8 Å². The molecule has 0 heterocycles. The maximum Gasteiger partial charge on any atom is 0.251 e. The van der Waals surface area contributed by atoms with Crippen molar-refractivity contribution in [3.8, 4) is 0 Å². The Morgan fingerprint density at radius 3 is 2.28 bits per heavy atom. The molecule has 6 heteroatoms. The fraction of sp³-hybridized carbons (Fsp3) is 0.316. The highest BCUT2D eigenvalue weighted by molar-refractivity contribution is 7.89. The van der Waals surface area contributed by atoms with Crippen LogP contribution >= 0.6 is 0 Å². The van der Waals surface area contributed by atoms with Crippen LogP contribution in [-0.2, 0) is 10.0 Å². The number of benzene rings is 2. The van der Waals surface area contributed by atoms with Crippen LogP contribution in [0.5, 0.6) is 0 Å². The largest absolute Gasteiger partial charge is 0.346 e. The number of carbonyl (C=O) groups is 1. The van der Waals surface area contributed by atoms with Crippen LogP contribution in [0.15, 0.2) is 59.5 Å². The van der Waals surface area contributed by atoms with Gasteiger partial charge in [0.15, 0.2) is 0 Å². The lowest BCUT2D eigenvalue weighted by Crippen LogP contribution is -2.31. The lowest BCUT2D eigenvalue weighted by atomic mass is 10.1. The van der Waals surface area contributed by atoms with Crippen molar-refractivity contribution in [3.05, 3.63) is 65.7 Å². The monoisotopic (exact) mass is 360 g/mol. The van der Waals surface area contributed by atoms with Gasteiger partial charge in [0, 0.05) is 18.7 Å². The topological polar surface area (TPSA) is 66.5 Å². The van der Waals surface area contributed by atoms with E-state index in [9.17, 15) is 13.2 Å². The van der Waals surface area contributed by atoms with Crippen molar-refractivity contribution in [2.75, 3.05) is 13.1 Å². The van der Waals surface area contributed by atoms with E-state index >= 15 is 0 Å². The van der Waals surface area contributed by atoms with Crippen molar-refractivity contribution in [3.63, 3.8) is 0 Å². The third-order valence-corrected chi connectivity index (χ3v) is 6.13. The van der Waals surface area contributed by atoms with Gasteiger partial charge in [-0.15, -0.1) is 0 Å². The SMILES string of the molecule is CCN(CC)S(=O)(=O)c1cccc(C(=O)N[C@H](C)c2ccccc2)c1. The Labute approximate surface area is 149 Å². The molecular formula is C19H24N2O3S. The summed E-state index contributed by atoms with van der Waals surface area (Å²) in [4.78, 5) is 12.6. The summed E-state index contributed by atoms with van der Waals surface area (Å²) in [5, 5.41) is 2.90. The highest BCUT2D eigenvalue weighted by Gasteiger charge is 2.22. The first kappa shape index (κ1) is 19.1. The molecule has 0 aliphatic carbocycles. The molecule has 1 atom stereocenters. The minimum absolute atomic E-state index is 0.135.